The molecule has 0 fully saturated rings. The summed E-state index contributed by atoms with van der Waals surface area (Å²) in [6.07, 6.45) is 8.42. The van der Waals surface area contributed by atoms with E-state index in [2.05, 4.69) is 275 Å². The summed E-state index contributed by atoms with van der Waals surface area (Å²) in [6, 6.07) is 64.5. The summed E-state index contributed by atoms with van der Waals surface area (Å²) < 4.78 is 18.1. The molecule has 0 spiro atoms. The van der Waals surface area contributed by atoms with Crippen molar-refractivity contribution in [1.82, 2.24) is 43.6 Å². The first-order chi connectivity index (χ1) is 46.6. The minimum absolute atomic E-state index is 0. The summed E-state index contributed by atoms with van der Waals surface area (Å²) in [5, 5.41) is 14.1. The number of imidazole rings is 3. The Balaban J connectivity index is 0.000000186. The van der Waals surface area contributed by atoms with Crippen molar-refractivity contribution in [1.29, 1.82) is 0 Å². The molecule has 0 saturated carbocycles. The molecular formula is C78H96Cl2N16O2. The van der Waals surface area contributed by atoms with E-state index < -0.39 is 0 Å². The number of nitrogens with one attached hydrogen (secondary N) is 4. The lowest BCUT2D eigenvalue weighted by Gasteiger charge is -2.14. The van der Waals surface area contributed by atoms with Gasteiger partial charge in [-0.3, -0.25) is 0 Å². The van der Waals surface area contributed by atoms with Gasteiger partial charge in [-0.1, -0.05) is 185 Å². The Kier molecular flexibility index (Phi) is 27.4. The maximum absolute atomic E-state index is 6.03. The molecule has 18 nitrogen and oxygen atoms in total. The highest BCUT2D eigenvalue weighted by molar-refractivity contribution is 5.89. The zero-order valence-corrected chi connectivity index (χ0v) is 59.5. The first-order valence-corrected chi connectivity index (χ1v) is 33.8. The van der Waals surface area contributed by atoms with Gasteiger partial charge < -0.3 is 86.5 Å². The Hall–Kier alpha value is -9.56. The van der Waals surface area contributed by atoms with E-state index in [1.807, 2.05) is 49.3 Å². The van der Waals surface area contributed by atoms with E-state index >= 15 is 0 Å². The van der Waals surface area contributed by atoms with Crippen LogP contribution in [0.4, 0.5) is 22.9 Å². The van der Waals surface area contributed by atoms with Crippen LogP contribution in [0.5, 0.6) is 11.8 Å². The van der Waals surface area contributed by atoms with Crippen LogP contribution < -0.4 is 72.8 Å². The predicted molar refractivity (Wildman–Crippen MR) is 393 cm³/mol. The molecule has 12 rings (SSSR count). The van der Waals surface area contributed by atoms with Crippen LogP contribution in [0, 0.1) is 0 Å². The Bertz CT molecular complexity index is 3910. The molecule has 20 heteroatoms. The van der Waals surface area contributed by atoms with Crippen LogP contribution in [0.25, 0.3) is 66.9 Å². The number of nitrogens with zero attached hydrogens (tertiary/aromatic N) is 9. The smallest absolute Gasteiger partial charge is 0.217 e. The van der Waals surface area contributed by atoms with Crippen LogP contribution in [0.2, 0.25) is 0 Å². The number of quaternary nitrogens is 2. The molecule has 0 aliphatic heterocycles. The van der Waals surface area contributed by atoms with Gasteiger partial charge in [0.1, 0.15) is 47.7 Å². The third-order valence-electron chi connectivity index (χ3n) is 17.0. The number of aromatic nitrogens is 9. The monoisotopic (exact) mass is 1360 g/mol. The van der Waals surface area contributed by atoms with Crippen LogP contribution in [-0.2, 0) is 19.6 Å². The molecule has 0 aliphatic carbocycles. The third kappa shape index (κ3) is 19.6. The van der Waals surface area contributed by atoms with Crippen LogP contribution in [-0.4, -0.2) is 81.5 Å². The quantitative estimate of drug-likeness (QED) is 0.0255. The fourth-order valence-corrected chi connectivity index (χ4v) is 10.7. The van der Waals surface area contributed by atoms with Crippen molar-refractivity contribution < 1.29 is 45.8 Å². The number of pyridine rings is 3. The second-order valence-corrected chi connectivity index (χ2v) is 25.3. The highest BCUT2D eigenvalue weighted by atomic mass is 35.5. The highest BCUT2D eigenvalue weighted by Crippen LogP contribution is 2.32. The molecule has 514 valence electrons. The molecule has 6 aromatic carbocycles. The number of hydrogen-bond donors (Lipinski definition) is 7. The second kappa shape index (κ2) is 36.1. The van der Waals surface area contributed by atoms with Gasteiger partial charge >= 0.3 is 0 Å². The van der Waals surface area contributed by atoms with E-state index in [0.29, 0.717) is 44.1 Å². The topological polar surface area (TPSA) is 240 Å². The Morgan fingerprint density at radius 3 is 1.06 bits per heavy atom. The van der Waals surface area contributed by atoms with Gasteiger partial charge in [0.25, 0.3) is 0 Å². The number of hydrogen-bond acceptors (Lipinski definition) is 13. The van der Waals surface area contributed by atoms with Crippen molar-refractivity contribution >= 4 is 56.4 Å². The number of halogens is 2. The second-order valence-electron chi connectivity index (χ2n) is 25.3. The first-order valence-electron chi connectivity index (χ1n) is 33.8. The zero-order valence-electron chi connectivity index (χ0n) is 58.0. The highest BCUT2D eigenvalue weighted by Gasteiger charge is 2.19. The van der Waals surface area contributed by atoms with Gasteiger partial charge in [-0.25, -0.2) is 19.9 Å². The maximum Gasteiger partial charge on any atom is 0.217 e. The SMILES string of the molecule is CC[C@@H]([NH3+])CNc1cc(NCc2ccc(-c3ccccc3)cc2)c2ncn(C(C)C)c2n1.CC[C@H](N)COc1cc(NCc2ccc(-c3ccccc3)cc2)c2ncn(C(C)C)c2n1.CC[C@H]([NH3+])COc1cc(NCc2ccc(-c3ccccc3)cc2)c2ncn(C(C)C)c2n1.[Cl-].[Cl-]. The standard InChI is InChI=1S/C26H32N6.2C26H31N5O.2ClH/c1-4-22(27)16-29-24-14-23(25-26(31-24)32(17-30-25)18(2)3)28-15-19-10-12-21(13-11-19)20-8-6-5-7-9-20;2*1-4-22(27)16-32-24-14-23(25-26(30-24)31(17-29-25)18(2)3)28-15-19-10-12-21(13-11-19)20-8-6-5-7-9-20;;/h5-14,17-18,22H,4,15-16,27H2,1-3H3,(H2,28,29,31);2*5-14,17-18,22H,4,15-16,27H2,1-3H3,(H,28,30);2*1H/t3*22-;;/m100../s1. The average Bonchev–Trinajstić information content (AvgIpc) is 1.62. The predicted octanol–water partition coefficient (Wildman–Crippen LogP) is 8.83. The number of benzene rings is 6. The van der Waals surface area contributed by atoms with Crippen molar-refractivity contribution in [3.63, 3.8) is 0 Å². The largest absolute Gasteiger partial charge is 1.00 e. The van der Waals surface area contributed by atoms with Gasteiger partial charge in [0, 0.05) is 62.0 Å². The average molecular weight is 1360 g/mol. The molecule has 0 aliphatic rings. The molecule has 0 bridgehead atoms. The van der Waals surface area contributed by atoms with Crippen LogP contribution >= 0.6 is 0 Å². The Morgan fingerprint density at radius 1 is 0.398 bits per heavy atom. The molecular weight excluding hydrogens is 1260 g/mol. The molecule has 0 unspecified atom stereocenters. The van der Waals surface area contributed by atoms with Gasteiger partial charge in [-0.2, -0.15) is 9.97 Å². The van der Waals surface area contributed by atoms with Gasteiger partial charge in [0.05, 0.1) is 42.6 Å². The third-order valence-corrected chi connectivity index (χ3v) is 17.0. The Morgan fingerprint density at radius 2 is 0.724 bits per heavy atom. The summed E-state index contributed by atoms with van der Waals surface area (Å²) >= 11 is 0. The number of rotatable bonds is 27. The fraction of sp³-hybridized carbons (Fsp3) is 0.308. The molecule has 0 amide bonds. The molecule has 12 N–H and O–H groups in total. The van der Waals surface area contributed by atoms with Crippen molar-refractivity contribution in [3.05, 3.63) is 218 Å². The van der Waals surface area contributed by atoms with Gasteiger partial charge in [-0.15, -0.1) is 0 Å². The molecule has 3 atom stereocenters. The van der Waals surface area contributed by atoms with E-state index in [0.717, 1.165) is 88.7 Å². The molecule has 0 saturated heterocycles. The molecule has 12 aromatic rings. The Labute approximate surface area is 589 Å². The summed E-state index contributed by atoms with van der Waals surface area (Å²) in [6.45, 7) is 23.0. The molecule has 98 heavy (non-hydrogen) atoms. The summed E-state index contributed by atoms with van der Waals surface area (Å²) in [7, 11) is 0. The van der Waals surface area contributed by atoms with Gasteiger partial charge in [0.15, 0.2) is 16.9 Å². The van der Waals surface area contributed by atoms with Crippen molar-refractivity contribution in [2.24, 2.45) is 5.73 Å². The minimum Gasteiger partial charge on any atom is -1.00 e. The van der Waals surface area contributed by atoms with Gasteiger partial charge in [0.2, 0.25) is 11.8 Å². The number of ether oxygens (including phenoxy) is 2. The molecule has 0 radical (unpaired) electrons. The lowest BCUT2D eigenvalue weighted by atomic mass is 10.0. The van der Waals surface area contributed by atoms with E-state index in [-0.39, 0.29) is 55.0 Å². The fourth-order valence-electron chi connectivity index (χ4n) is 10.7. The number of fused-ring (bicyclic) bond motifs is 3. The van der Waals surface area contributed by atoms with Crippen molar-refractivity contribution in [2.45, 2.75) is 137 Å². The van der Waals surface area contributed by atoms with E-state index in [9.17, 15) is 0 Å². The van der Waals surface area contributed by atoms with Crippen molar-refractivity contribution in [2.75, 3.05) is 41.0 Å². The summed E-state index contributed by atoms with van der Waals surface area (Å²) in [4.78, 5) is 28.2. The summed E-state index contributed by atoms with van der Waals surface area (Å²) in [5.41, 5.74) is 33.2. The van der Waals surface area contributed by atoms with E-state index in [1.54, 1.807) is 0 Å². The van der Waals surface area contributed by atoms with Crippen LogP contribution in [0.1, 0.15) is 116 Å². The summed E-state index contributed by atoms with van der Waals surface area (Å²) in [5.74, 6) is 2.01. The normalized spacial score (nSPS) is 12.0. The zero-order chi connectivity index (χ0) is 67.5. The van der Waals surface area contributed by atoms with Crippen molar-refractivity contribution in [3.8, 4) is 45.1 Å². The minimum atomic E-state index is -0.0120. The van der Waals surface area contributed by atoms with E-state index in [4.69, 9.17) is 30.2 Å². The molecule has 6 heterocycles. The van der Waals surface area contributed by atoms with Crippen LogP contribution in [0.15, 0.2) is 201 Å². The maximum atomic E-state index is 6.03. The lowest BCUT2D eigenvalue weighted by Crippen LogP contribution is -3.00. The lowest BCUT2D eigenvalue weighted by molar-refractivity contribution is -0.424. The molecule has 6 aromatic heterocycles. The number of nitrogens with two attached hydrogens (primary N) is 1. The van der Waals surface area contributed by atoms with Gasteiger partial charge in [-0.05, 0) is 111 Å². The number of anilines is 4. The van der Waals surface area contributed by atoms with E-state index in [1.165, 1.54) is 50.1 Å². The van der Waals surface area contributed by atoms with Crippen LogP contribution in [0.3, 0.4) is 0 Å². The first kappa shape index (κ1) is 74.2.